The van der Waals surface area contributed by atoms with E-state index >= 15 is 0 Å². The van der Waals surface area contributed by atoms with Crippen molar-refractivity contribution >= 4 is 17.8 Å². The predicted octanol–water partition coefficient (Wildman–Crippen LogP) is 1.58. The Bertz CT molecular complexity index is 759. The molecule has 0 aromatic heterocycles. The van der Waals surface area contributed by atoms with Gasteiger partial charge in [-0.1, -0.05) is 54.6 Å². The van der Waals surface area contributed by atoms with E-state index in [9.17, 15) is 14.4 Å². The molecule has 0 unspecified atom stereocenters. The van der Waals surface area contributed by atoms with Crippen LogP contribution in [-0.2, 0) is 25.5 Å². The van der Waals surface area contributed by atoms with Crippen LogP contribution in [0.5, 0.6) is 0 Å². The van der Waals surface area contributed by atoms with Crippen LogP contribution in [0.25, 0.3) is 11.1 Å². The van der Waals surface area contributed by atoms with E-state index in [1.807, 2.05) is 42.5 Å². The first-order chi connectivity index (χ1) is 12.5. The molecule has 26 heavy (non-hydrogen) atoms. The highest BCUT2D eigenvalue weighted by molar-refractivity contribution is 5.89. The Morgan fingerprint density at radius 3 is 2.23 bits per heavy atom. The average Bonchev–Trinajstić information content (AvgIpc) is 2.66. The molecule has 2 aromatic rings. The van der Waals surface area contributed by atoms with Gasteiger partial charge in [0.1, 0.15) is 6.04 Å². The minimum atomic E-state index is -1.11. The minimum absolute atomic E-state index is 0.0374. The van der Waals surface area contributed by atoms with E-state index in [1.54, 1.807) is 12.1 Å². The summed E-state index contributed by atoms with van der Waals surface area (Å²) < 4.78 is 4.70. The van der Waals surface area contributed by atoms with Gasteiger partial charge in [-0.25, -0.2) is 10.3 Å². The van der Waals surface area contributed by atoms with Gasteiger partial charge in [0.05, 0.1) is 6.42 Å². The Morgan fingerprint density at radius 2 is 1.62 bits per heavy atom. The molecule has 136 valence electrons. The summed E-state index contributed by atoms with van der Waals surface area (Å²) >= 11 is 0. The Morgan fingerprint density at radius 1 is 1.00 bits per heavy atom. The SMILES string of the molecule is N[C@@H](CCC(=O)NO)C(=O)OC(=O)Cc1ccc(-c2ccccc2)cc1. The van der Waals surface area contributed by atoms with Crippen LogP contribution in [0.15, 0.2) is 54.6 Å². The van der Waals surface area contributed by atoms with E-state index in [0.29, 0.717) is 5.56 Å². The predicted molar refractivity (Wildman–Crippen MR) is 93.8 cm³/mol. The number of esters is 2. The van der Waals surface area contributed by atoms with Crippen LogP contribution >= 0.6 is 0 Å². The minimum Gasteiger partial charge on any atom is -0.392 e. The van der Waals surface area contributed by atoms with Crippen LogP contribution in [0.4, 0.5) is 0 Å². The highest BCUT2D eigenvalue weighted by Gasteiger charge is 2.20. The smallest absolute Gasteiger partial charge is 0.330 e. The van der Waals surface area contributed by atoms with Crippen molar-refractivity contribution in [2.24, 2.45) is 5.73 Å². The van der Waals surface area contributed by atoms with E-state index < -0.39 is 23.9 Å². The molecule has 7 nitrogen and oxygen atoms in total. The third-order valence-electron chi connectivity index (χ3n) is 3.73. The third-order valence-corrected chi connectivity index (χ3v) is 3.73. The second kappa shape index (κ2) is 9.45. The third kappa shape index (κ3) is 5.80. The lowest BCUT2D eigenvalue weighted by Crippen LogP contribution is -2.35. The van der Waals surface area contributed by atoms with Crippen LogP contribution in [0.1, 0.15) is 18.4 Å². The molecular formula is C19H20N2O5. The highest BCUT2D eigenvalue weighted by Crippen LogP contribution is 2.19. The van der Waals surface area contributed by atoms with Crippen molar-refractivity contribution in [3.63, 3.8) is 0 Å². The van der Waals surface area contributed by atoms with Crippen molar-refractivity contribution in [1.29, 1.82) is 0 Å². The number of carbonyl (C=O) groups excluding carboxylic acids is 3. The molecule has 0 heterocycles. The number of amides is 1. The van der Waals surface area contributed by atoms with Crippen LogP contribution < -0.4 is 11.2 Å². The van der Waals surface area contributed by atoms with E-state index in [1.165, 1.54) is 5.48 Å². The van der Waals surface area contributed by atoms with Gasteiger partial charge in [0, 0.05) is 6.42 Å². The molecule has 1 amide bonds. The largest absolute Gasteiger partial charge is 0.392 e. The molecule has 4 N–H and O–H groups in total. The maximum absolute atomic E-state index is 11.9. The Balaban J connectivity index is 1.85. The average molecular weight is 356 g/mol. The van der Waals surface area contributed by atoms with E-state index in [0.717, 1.165) is 11.1 Å². The first kappa shape index (κ1) is 19.3. The van der Waals surface area contributed by atoms with Crippen LogP contribution in [0.3, 0.4) is 0 Å². The molecule has 2 aromatic carbocycles. The first-order valence-electron chi connectivity index (χ1n) is 8.07. The standard InChI is InChI=1S/C19H20N2O5/c20-16(10-11-17(22)21-25)19(24)26-18(23)12-13-6-8-15(9-7-13)14-4-2-1-3-5-14/h1-9,16,25H,10-12,20H2,(H,21,22)/t16-/m0/s1. The summed E-state index contributed by atoms with van der Waals surface area (Å²) in [6.45, 7) is 0. The maximum atomic E-state index is 11.9. The first-order valence-corrected chi connectivity index (χ1v) is 8.07. The summed E-state index contributed by atoms with van der Waals surface area (Å²) in [5.74, 6) is -2.29. The number of nitrogens with two attached hydrogens (primary N) is 1. The van der Waals surface area contributed by atoms with Crippen LogP contribution in [-0.4, -0.2) is 29.1 Å². The summed E-state index contributed by atoms with van der Waals surface area (Å²) in [5, 5.41) is 8.38. The zero-order valence-electron chi connectivity index (χ0n) is 14.1. The van der Waals surface area contributed by atoms with Crippen molar-refractivity contribution in [3.8, 4) is 11.1 Å². The summed E-state index contributed by atoms with van der Waals surface area (Å²) in [5.41, 5.74) is 9.78. The molecule has 0 aliphatic heterocycles. The molecule has 0 bridgehead atoms. The van der Waals surface area contributed by atoms with Crippen LogP contribution in [0.2, 0.25) is 0 Å². The normalized spacial score (nSPS) is 11.5. The van der Waals surface area contributed by atoms with Crippen molar-refractivity contribution in [2.45, 2.75) is 25.3 Å². The lowest BCUT2D eigenvalue weighted by Gasteiger charge is -2.10. The fourth-order valence-electron chi connectivity index (χ4n) is 2.30. The van der Waals surface area contributed by atoms with Gasteiger partial charge < -0.3 is 10.5 Å². The molecule has 0 spiro atoms. The Kier molecular flexibility index (Phi) is 7.02. The zero-order chi connectivity index (χ0) is 18.9. The number of hydroxylamine groups is 1. The molecule has 0 fully saturated rings. The number of ether oxygens (including phenoxy) is 1. The number of benzene rings is 2. The fraction of sp³-hybridized carbons (Fsp3) is 0.211. The molecule has 0 aliphatic carbocycles. The number of hydrogen-bond acceptors (Lipinski definition) is 6. The summed E-state index contributed by atoms with van der Waals surface area (Å²) in [6, 6.07) is 16.0. The van der Waals surface area contributed by atoms with Gasteiger partial charge in [0.2, 0.25) is 5.91 Å². The second-order valence-electron chi connectivity index (χ2n) is 5.71. The summed E-state index contributed by atoms with van der Waals surface area (Å²) in [6.07, 6.45) is -0.253. The monoisotopic (exact) mass is 356 g/mol. The molecule has 1 atom stereocenters. The maximum Gasteiger partial charge on any atom is 0.330 e. The molecule has 2 rings (SSSR count). The quantitative estimate of drug-likeness (QED) is 0.300. The number of nitrogens with one attached hydrogen (secondary N) is 1. The molecular weight excluding hydrogens is 336 g/mol. The number of hydrogen-bond donors (Lipinski definition) is 3. The van der Waals surface area contributed by atoms with E-state index in [-0.39, 0.29) is 19.3 Å². The van der Waals surface area contributed by atoms with Gasteiger partial charge >= 0.3 is 11.9 Å². The van der Waals surface area contributed by atoms with E-state index in [2.05, 4.69) is 0 Å². The molecule has 0 aliphatic rings. The van der Waals surface area contributed by atoms with Gasteiger partial charge in [-0.15, -0.1) is 0 Å². The van der Waals surface area contributed by atoms with Crippen molar-refractivity contribution in [1.82, 2.24) is 5.48 Å². The molecule has 0 radical (unpaired) electrons. The summed E-state index contributed by atoms with van der Waals surface area (Å²) in [4.78, 5) is 34.5. The Labute approximate surface area is 150 Å². The van der Waals surface area contributed by atoms with Crippen molar-refractivity contribution < 1.29 is 24.3 Å². The number of carbonyl (C=O) groups is 3. The fourth-order valence-corrected chi connectivity index (χ4v) is 2.30. The lowest BCUT2D eigenvalue weighted by atomic mass is 10.0. The summed E-state index contributed by atoms with van der Waals surface area (Å²) in [7, 11) is 0. The van der Waals surface area contributed by atoms with Gasteiger partial charge in [-0.2, -0.15) is 0 Å². The van der Waals surface area contributed by atoms with Crippen molar-refractivity contribution in [2.75, 3.05) is 0 Å². The van der Waals surface area contributed by atoms with Crippen LogP contribution in [0, 0.1) is 0 Å². The molecule has 7 heteroatoms. The highest BCUT2D eigenvalue weighted by atomic mass is 16.6. The zero-order valence-corrected chi connectivity index (χ0v) is 14.1. The van der Waals surface area contributed by atoms with Gasteiger partial charge in [-0.3, -0.25) is 14.8 Å². The van der Waals surface area contributed by atoms with E-state index in [4.69, 9.17) is 15.7 Å². The molecule has 0 saturated carbocycles. The van der Waals surface area contributed by atoms with Gasteiger partial charge in [0.15, 0.2) is 0 Å². The lowest BCUT2D eigenvalue weighted by molar-refractivity contribution is -0.160. The molecule has 0 saturated heterocycles. The van der Waals surface area contributed by atoms with Crippen molar-refractivity contribution in [3.05, 3.63) is 60.2 Å². The Hall–Kier alpha value is -3.03. The van der Waals surface area contributed by atoms with Gasteiger partial charge in [-0.05, 0) is 23.1 Å². The van der Waals surface area contributed by atoms with Gasteiger partial charge in [0.25, 0.3) is 0 Å². The topological polar surface area (TPSA) is 119 Å². The number of rotatable bonds is 7. The second-order valence-corrected chi connectivity index (χ2v) is 5.71.